The monoisotopic (exact) mass is 307 g/mol. The van der Waals surface area contributed by atoms with E-state index in [2.05, 4.69) is 5.32 Å². The number of phenols is 1. The Bertz CT molecular complexity index is 669. The minimum absolute atomic E-state index is 0.0150. The van der Waals surface area contributed by atoms with Crippen molar-refractivity contribution >= 4 is 5.91 Å². The average Bonchev–Trinajstić information content (AvgIpc) is 2.49. The fourth-order valence-electron chi connectivity index (χ4n) is 2.00. The number of hydrogen-bond donors (Lipinski definition) is 2. The molecule has 2 aromatic rings. The van der Waals surface area contributed by atoms with Gasteiger partial charge in [0.1, 0.15) is 23.1 Å². The molecule has 116 valence electrons. The van der Waals surface area contributed by atoms with E-state index in [-0.39, 0.29) is 29.8 Å². The summed E-state index contributed by atoms with van der Waals surface area (Å²) in [6.07, 6.45) is 0.0150. The Balaban J connectivity index is 1.99. The Kier molecular flexibility index (Phi) is 4.93. The molecule has 0 aliphatic rings. The van der Waals surface area contributed by atoms with Crippen molar-refractivity contribution in [1.82, 2.24) is 5.32 Å². The lowest BCUT2D eigenvalue weighted by molar-refractivity contribution is 0.0951. The van der Waals surface area contributed by atoms with E-state index in [1.807, 2.05) is 0 Å². The summed E-state index contributed by atoms with van der Waals surface area (Å²) in [7, 11) is 1.44. The predicted molar refractivity (Wildman–Crippen MR) is 77.1 cm³/mol. The van der Waals surface area contributed by atoms with Gasteiger partial charge in [-0.25, -0.2) is 8.78 Å². The van der Waals surface area contributed by atoms with Crippen LogP contribution in [0.4, 0.5) is 8.78 Å². The van der Waals surface area contributed by atoms with Gasteiger partial charge in [-0.3, -0.25) is 4.79 Å². The van der Waals surface area contributed by atoms with E-state index in [9.17, 15) is 18.7 Å². The topological polar surface area (TPSA) is 58.6 Å². The van der Waals surface area contributed by atoms with Gasteiger partial charge in [-0.1, -0.05) is 6.07 Å². The molecule has 6 heteroatoms. The summed E-state index contributed by atoms with van der Waals surface area (Å²) in [6.45, 7) is 0.0438. The molecule has 4 nitrogen and oxygen atoms in total. The van der Waals surface area contributed by atoms with Gasteiger partial charge in [0.15, 0.2) is 0 Å². The lowest BCUT2D eigenvalue weighted by atomic mass is 10.1. The van der Waals surface area contributed by atoms with Crippen LogP contribution in [0.15, 0.2) is 36.4 Å². The molecule has 0 saturated heterocycles. The fourth-order valence-corrected chi connectivity index (χ4v) is 2.00. The molecule has 2 N–H and O–H groups in total. The molecular formula is C16H15F2NO3. The number of methoxy groups -OCH3 is 1. The highest BCUT2D eigenvalue weighted by atomic mass is 19.1. The lowest BCUT2D eigenvalue weighted by Gasteiger charge is -2.09. The molecule has 0 spiro atoms. The van der Waals surface area contributed by atoms with Gasteiger partial charge in [0, 0.05) is 18.2 Å². The van der Waals surface area contributed by atoms with E-state index in [1.54, 1.807) is 0 Å². The Morgan fingerprint density at radius 3 is 2.50 bits per heavy atom. The minimum atomic E-state index is -0.651. The minimum Gasteiger partial charge on any atom is -0.507 e. The summed E-state index contributed by atoms with van der Waals surface area (Å²) in [5, 5.41) is 12.2. The Morgan fingerprint density at radius 2 is 1.91 bits per heavy atom. The molecular weight excluding hydrogens is 292 g/mol. The number of aromatic hydroxyl groups is 1. The summed E-state index contributed by atoms with van der Waals surface area (Å²) in [5.41, 5.74) is -0.0171. The molecule has 0 aromatic heterocycles. The molecule has 0 fully saturated rings. The molecule has 0 unspecified atom stereocenters. The van der Waals surface area contributed by atoms with Crippen LogP contribution in [0.5, 0.6) is 11.5 Å². The molecule has 1 amide bonds. The number of halogens is 2. The second kappa shape index (κ2) is 6.89. The highest BCUT2D eigenvalue weighted by Gasteiger charge is 2.13. The van der Waals surface area contributed by atoms with E-state index in [0.29, 0.717) is 5.75 Å². The maximum absolute atomic E-state index is 13.4. The summed E-state index contributed by atoms with van der Waals surface area (Å²) in [4.78, 5) is 11.9. The Labute approximate surface area is 126 Å². The molecule has 0 aliphatic heterocycles. The Hall–Kier alpha value is -2.63. The van der Waals surface area contributed by atoms with Crippen LogP contribution in [-0.4, -0.2) is 24.7 Å². The van der Waals surface area contributed by atoms with Gasteiger partial charge in [0.2, 0.25) is 0 Å². The average molecular weight is 307 g/mol. The second-order valence-electron chi connectivity index (χ2n) is 4.59. The van der Waals surface area contributed by atoms with E-state index in [0.717, 1.165) is 12.1 Å². The molecule has 0 saturated carbocycles. The summed E-state index contributed by atoms with van der Waals surface area (Å²) in [5.74, 6) is -1.64. The summed E-state index contributed by atoms with van der Waals surface area (Å²) in [6, 6.07) is 7.86. The SMILES string of the molecule is COc1ccc(C(=O)NCCc2c(F)cccc2F)c(O)c1. The number of ether oxygens (including phenoxy) is 1. The third kappa shape index (κ3) is 3.52. The van der Waals surface area contributed by atoms with Crippen molar-refractivity contribution in [2.75, 3.05) is 13.7 Å². The van der Waals surface area contributed by atoms with E-state index >= 15 is 0 Å². The smallest absolute Gasteiger partial charge is 0.255 e. The van der Waals surface area contributed by atoms with Crippen molar-refractivity contribution in [3.05, 3.63) is 59.2 Å². The van der Waals surface area contributed by atoms with Crippen molar-refractivity contribution in [3.63, 3.8) is 0 Å². The summed E-state index contributed by atoms with van der Waals surface area (Å²) < 4.78 is 31.8. The van der Waals surface area contributed by atoms with Gasteiger partial charge in [-0.2, -0.15) is 0 Å². The van der Waals surface area contributed by atoms with Crippen LogP contribution in [0.3, 0.4) is 0 Å². The van der Waals surface area contributed by atoms with Crippen LogP contribution in [0, 0.1) is 11.6 Å². The molecule has 22 heavy (non-hydrogen) atoms. The maximum Gasteiger partial charge on any atom is 0.255 e. The maximum atomic E-state index is 13.4. The zero-order valence-electron chi connectivity index (χ0n) is 11.9. The highest BCUT2D eigenvalue weighted by molar-refractivity contribution is 5.97. The zero-order valence-corrected chi connectivity index (χ0v) is 11.9. The number of amides is 1. The van der Waals surface area contributed by atoms with Gasteiger partial charge < -0.3 is 15.2 Å². The summed E-state index contributed by atoms with van der Waals surface area (Å²) >= 11 is 0. The van der Waals surface area contributed by atoms with Crippen molar-refractivity contribution in [3.8, 4) is 11.5 Å². The largest absolute Gasteiger partial charge is 0.507 e. The quantitative estimate of drug-likeness (QED) is 0.893. The van der Waals surface area contributed by atoms with Crippen LogP contribution < -0.4 is 10.1 Å². The van der Waals surface area contributed by atoms with E-state index in [1.165, 1.54) is 31.4 Å². The van der Waals surface area contributed by atoms with Gasteiger partial charge in [0.05, 0.1) is 12.7 Å². The van der Waals surface area contributed by atoms with Crippen LogP contribution in [0.1, 0.15) is 15.9 Å². The number of carbonyl (C=O) groups excluding carboxylic acids is 1. The standard InChI is InChI=1S/C16H15F2NO3/c1-22-10-5-6-12(15(20)9-10)16(21)19-8-7-11-13(17)3-2-4-14(11)18/h2-6,9,20H,7-8H2,1H3,(H,19,21). The first kappa shape index (κ1) is 15.8. The van der Waals surface area contributed by atoms with Gasteiger partial charge >= 0.3 is 0 Å². The molecule has 0 heterocycles. The third-order valence-electron chi connectivity index (χ3n) is 3.17. The van der Waals surface area contributed by atoms with Crippen LogP contribution in [-0.2, 0) is 6.42 Å². The number of phenolic OH excluding ortho intramolecular Hbond substituents is 1. The fraction of sp³-hybridized carbons (Fsp3) is 0.188. The lowest BCUT2D eigenvalue weighted by Crippen LogP contribution is -2.26. The first-order chi connectivity index (χ1) is 10.5. The first-order valence-electron chi connectivity index (χ1n) is 6.61. The van der Waals surface area contributed by atoms with Gasteiger partial charge in [-0.15, -0.1) is 0 Å². The second-order valence-corrected chi connectivity index (χ2v) is 4.59. The third-order valence-corrected chi connectivity index (χ3v) is 3.17. The van der Waals surface area contributed by atoms with Crippen molar-refractivity contribution in [1.29, 1.82) is 0 Å². The predicted octanol–water partition coefficient (Wildman–Crippen LogP) is 2.65. The van der Waals surface area contributed by atoms with Crippen molar-refractivity contribution in [2.45, 2.75) is 6.42 Å². The molecule has 0 aliphatic carbocycles. The molecule has 2 aromatic carbocycles. The number of carbonyl (C=O) groups is 1. The molecule has 2 rings (SSSR count). The van der Waals surface area contributed by atoms with Gasteiger partial charge in [0.25, 0.3) is 5.91 Å². The number of nitrogens with one attached hydrogen (secondary N) is 1. The molecule has 0 radical (unpaired) electrons. The zero-order chi connectivity index (χ0) is 16.1. The number of hydrogen-bond acceptors (Lipinski definition) is 3. The van der Waals surface area contributed by atoms with Crippen LogP contribution in [0.2, 0.25) is 0 Å². The molecule has 0 bridgehead atoms. The molecule has 0 atom stereocenters. The van der Waals surface area contributed by atoms with Gasteiger partial charge in [-0.05, 0) is 30.7 Å². The normalized spacial score (nSPS) is 10.3. The van der Waals surface area contributed by atoms with Crippen LogP contribution in [0.25, 0.3) is 0 Å². The number of benzene rings is 2. The van der Waals surface area contributed by atoms with E-state index < -0.39 is 17.5 Å². The van der Waals surface area contributed by atoms with E-state index in [4.69, 9.17) is 4.74 Å². The van der Waals surface area contributed by atoms with Crippen molar-refractivity contribution < 1.29 is 23.4 Å². The van der Waals surface area contributed by atoms with Crippen molar-refractivity contribution in [2.24, 2.45) is 0 Å². The Morgan fingerprint density at radius 1 is 1.23 bits per heavy atom. The first-order valence-corrected chi connectivity index (χ1v) is 6.61. The highest BCUT2D eigenvalue weighted by Crippen LogP contribution is 2.23. The van der Waals surface area contributed by atoms with Crippen LogP contribution >= 0.6 is 0 Å². The number of rotatable bonds is 5.